The fourth-order valence-corrected chi connectivity index (χ4v) is 5.15. The van der Waals surface area contributed by atoms with Crippen molar-refractivity contribution in [3.8, 4) is 11.5 Å². The number of rotatable bonds is 5. The van der Waals surface area contributed by atoms with Gasteiger partial charge in [0.05, 0.1) is 26.8 Å². The van der Waals surface area contributed by atoms with Crippen LogP contribution in [0.25, 0.3) is 0 Å². The molecule has 3 atom stereocenters. The fourth-order valence-electron chi connectivity index (χ4n) is 5.15. The molecule has 3 saturated heterocycles. The van der Waals surface area contributed by atoms with E-state index in [0.29, 0.717) is 13.0 Å². The van der Waals surface area contributed by atoms with Crippen LogP contribution in [0, 0.1) is 0 Å². The number of hydrogen-bond acceptors (Lipinski definition) is 5. The van der Waals surface area contributed by atoms with E-state index >= 15 is 0 Å². The molecule has 6 heteroatoms. The average molecular weight is 394 g/mol. The van der Waals surface area contributed by atoms with Gasteiger partial charge in [0.25, 0.3) is 0 Å². The van der Waals surface area contributed by atoms with Gasteiger partial charge in [-0.05, 0) is 23.3 Å². The van der Waals surface area contributed by atoms with Gasteiger partial charge in [0, 0.05) is 25.9 Å². The Kier molecular flexibility index (Phi) is 4.48. The lowest BCUT2D eigenvalue weighted by atomic mass is 10.1. The Morgan fingerprint density at radius 2 is 1.90 bits per heavy atom. The molecular formula is C23H26N2O4. The van der Waals surface area contributed by atoms with Crippen molar-refractivity contribution in [3.63, 3.8) is 0 Å². The van der Waals surface area contributed by atoms with Gasteiger partial charge in [-0.1, -0.05) is 36.4 Å². The van der Waals surface area contributed by atoms with E-state index in [1.807, 2.05) is 35.2 Å². The van der Waals surface area contributed by atoms with Crippen LogP contribution in [0.2, 0.25) is 0 Å². The second kappa shape index (κ2) is 7.04. The highest BCUT2D eigenvalue weighted by Crippen LogP contribution is 2.51. The molecule has 0 unspecified atom stereocenters. The molecular weight excluding hydrogens is 368 g/mol. The first kappa shape index (κ1) is 18.5. The molecule has 29 heavy (non-hydrogen) atoms. The third-order valence-corrected chi connectivity index (χ3v) is 6.54. The smallest absolute Gasteiger partial charge is 0.226 e. The van der Waals surface area contributed by atoms with E-state index in [9.17, 15) is 4.79 Å². The summed E-state index contributed by atoms with van der Waals surface area (Å²) in [6.45, 7) is 2.31. The number of ether oxygens (including phenoxy) is 3. The summed E-state index contributed by atoms with van der Waals surface area (Å²) >= 11 is 0. The molecule has 0 aromatic heterocycles. The third-order valence-electron chi connectivity index (χ3n) is 6.54. The summed E-state index contributed by atoms with van der Waals surface area (Å²) in [5, 5.41) is 0. The third kappa shape index (κ3) is 2.90. The molecule has 6 nitrogen and oxygen atoms in total. The monoisotopic (exact) mass is 394 g/mol. The summed E-state index contributed by atoms with van der Waals surface area (Å²) in [5.41, 5.74) is 1.79. The van der Waals surface area contributed by atoms with Crippen LogP contribution in [-0.4, -0.2) is 54.8 Å². The highest BCUT2D eigenvalue weighted by atomic mass is 16.5. The van der Waals surface area contributed by atoms with Crippen molar-refractivity contribution in [2.75, 3.05) is 27.3 Å². The molecule has 0 aliphatic carbocycles. The Hall–Kier alpha value is -2.57. The number of likely N-dealkylation sites (tertiary alicyclic amines) is 1. The number of carbonyl (C=O) groups excluding carboxylic acids is 1. The van der Waals surface area contributed by atoms with Crippen molar-refractivity contribution in [3.05, 3.63) is 59.7 Å². The van der Waals surface area contributed by atoms with Crippen molar-refractivity contribution in [2.24, 2.45) is 0 Å². The van der Waals surface area contributed by atoms with Crippen LogP contribution in [0.15, 0.2) is 48.5 Å². The van der Waals surface area contributed by atoms with Crippen LogP contribution in [0.1, 0.15) is 30.1 Å². The molecule has 0 saturated carbocycles. The summed E-state index contributed by atoms with van der Waals surface area (Å²) in [5.74, 6) is 1.65. The molecule has 0 N–H and O–H groups in total. The van der Waals surface area contributed by atoms with Gasteiger partial charge in [-0.15, -0.1) is 0 Å². The van der Waals surface area contributed by atoms with Crippen LogP contribution in [0.5, 0.6) is 11.5 Å². The van der Waals surface area contributed by atoms with Crippen molar-refractivity contribution in [2.45, 2.75) is 37.3 Å². The minimum Gasteiger partial charge on any atom is -0.493 e. The van der Waals surface area contributed by atoms with E-state index in [0.717, 1.165) is 42.1 Å². The second-order valence-corrected chi connectivity index (χ2v) is 8.00. The lowest BCUT2D eigenvalue weighted by Crippen LogP contribution is -2.47. The van der Waals surface area contributed by atoms with Gasteiger partial charge in [0.15, 0.2) is 17.2 Å². The van der Waals surface area contributed by atoms with E-state index in [2.05, 4.69) is 23.1 Å². The quantitative estimate of drug-likeness (QED) is 0.780. The van der Waals surface area contributed by atoms with Crippen LogP contribution in [0.4, 0.5) is 0 Å². The summed E-state index contributed by atoms with van der Waals surface area (Å²) in [6.07, 6.45) is 1.32. The van der Waals surface area contributed by atoms with E-state index in [1.54, 1.807) is 14.2 Å². The number of hydrogen-bond donors (Lipinski definition) is 0. The van der Waals surface area contributed by atoms with Crippen LogP contribution in [-0.2, 0) is 16.1 Å². The predicted molar refractivity (Wildman–Crippen MR) is 108 cm³/mol. The first-order valence-electron chi connectivity index (χ1n) is 10.1. The van der Waals surface area contributed by atoms with E-state index in [-0.39, 0.29) is 18.1 Å². The first-order chi connectivity index (χ1) is 14.1. The maximum atomic E-state index is 12.8. The Labute approximate surface area is 171 Å². The molecule has 5 rings (SSSR count). The molecule has 3 aliphatic heterocycles. The highest BCUT2D eigenvalue weighted by molar-refractivity contribution is 5.81. The number of methoxy groups -OCH3 is 2. The molecule has 3 heterocycles. The minimum absolute atomic E-state index is 0.0519. The number of amides is 1. The zero-order chi connectivity index (χ0) is 20.0. The Balaban J connectivity index is 1.38. The van der Waals surface area contributed by atoms with Crippen LogP contribution in [0.3, 0.4) is 0 Å². The highest BCUT2D eigenvalue weighted by Gasteiger charge is 2.63. The Morgan fingerprint density at radius 3 is 2.66 bits per heavy atom. The molecule has 0 bridgehead atoms. The van der Waals surface area contributed by atoms with Crippen molar-refractivity contribution >= 4 is 5.91 Å². The van der Waals surface area contributed by atoms with Gasteiger partial charge in [0.2, 0.25) is 5.91 Å². The topological polar surface area (TPSA) is 51.2 Å². The maximum absolute atomic E-state index is 12.8. The minimum atomic E-state index is -0.492. The molecule has 3 aliphatic rings. The van der Waals surface area contributed by atoms with Crippen molar-refractivity contribution in [1.82, 2.24) is 9.80 Å². The van der Waals surface area contributed by atoms with Gasteiger partial charge in [-0.3, -0.25) is 9.69 Å². The van der Waals surface area contributed by atoms with E-state index < -0.39 is 5.72 Å². The zero-order valence-corrected chi connectivity index (χ0v) is 16.8. The van der Waals surface area contributed by atoms with E-state index in [4.69, 9.17) is 14.2 Å². The van der Waals surface area contributed by atoms with Crippen LogP contribution < -0.4 is 9.47 Å². The van der Waals surface area contributed by atoms with Gasteiger partial charge >= 0.3 is 0 Å². The summed E-state index contributed by atoms with van der Waals surface area (Å²) in [6, 6.07) is 16.3. The summed E-state index contributed by atoms with van der Waals surface area (Å²) in [4.78, 5) is 17.2. The second-order valence-electron chi connectivity index (χ2n) is 8.00. The standard InChI is InChI=1S/C23H26N2O4/c1-27-18-9-8-16(12-19(18)28-2)14-24-11-10-23-21(24)13-22(26)25(23)15-20(29-23)17-6-4-3-5-7-17/h3-9,12,20-21H,10-11,13-15H2,1-2H3/t20-,21-,23+/m1/s1. The predicted octanol–water partition coefficient (Wildman–Crippen LogP) is 2.98. The Bertz CT molecular complexity index is 918. The molecule has 1 amide bonds. The molecule has 2 aromatic rings. The van der Waals surface area contributed by atoms with Crippen molar-refractivity contribution in [1.29, 1.82) is 0 Å². The molecule has 2 aromatic carbocycles. The maximum Gasteiger partial charge on any atom is 0.226 e. The number of carbonyl (C=O) groups is 1. The average Bonchev–Trinajstić information content (AvgIpc) is 3.38. The van der Waals surface area contributed by atoms with Gasteiger partial charge in [-0.2, -0.15) is 0 Å². The zero-order valence-electron chi connectivity index (χ0n) is 16.8. The first-order valence-corrected chi connectivity index (χ1v) is 10.1. The molecule has 3 fully saturated rings. The Morgan fingerprint density at radius 1 is 1.10 bits per heavy atom. The number of benzene rings is 2. The van der Waals surface area contributed by atoms with E-state index in [1.165, 1.54) is 0 Å². The molecule has 1 spiro atoms. The number of nitrogens with zero attached hydrogens (tertiary/aromatic N) is 2. The van der Waals surface area contributed by atoms with Crippen molar-refractivity contribution < 1.29 is 19.0 Å². The van der Waals surface area contributed by atoms with Gasteiger partial charge in [0.1, 0.15) is 6.10 Å². The normalized spacial score (nSPS) is 28.5. The largest absolute Gasteiger partial charge is 0.493 e. The summed E-state index contributed by atoms with van der Waals surface area (Å²) in [7, 11) is 3.29. The lowest BCUT2D eigenvalue weighted by molar-refractivity contribution is -0.138. The molecule has 152 valence electrons. The lowest BCUT2D eigenvalue weighted by Gasteiger charge is -2.32. The van der Waals surface area contributed by atoms with Crippen LogP contribution >= 0.6 is 0 Å². The van der Waals surface area contributed by atoms with Gasteiger partial charge < -0.3 is 19.1 Å². The fraction of sp³-hybridized carbons (Fsp3) is 0.435. The SMILES string of the molecule is COc1ccc(CN2CC[C@@]34O[C@@H](c5ccccc5)CN3C(=O)C[C@@H]24)cc1OC. The molecule has 0 radical (unpaired) electrons. The van der Waals surface area contributed by atoms with Gasteiger partial charge in [-0.25, -0.2) is 0 Å². The summed E-state index contributed by atoms with van der Waals surface area (Å²) < 4.78 is 17.4.